The zero-order valence-electron chi connectivity index (χ0n) is 7.33. The van der Waals surface area contributed by atoms with Crippen molar-refractivity contribution in [2.45, 2.75) is 25.2 Å². The molecule has 1 aliphatic carbocycles. The van der Waals surface area contributed by atoms with E-state index in [1.807, 2.05) is 0 Å². The summed E-state index contributed by atoms with van der Waals surface area (Å²) in [6, 6.07) is 8.45. The molecule has 0 heterocycles. The second-order valence-electron chi connectivity index (χ2n) is 3.65. The largest absolute Gasteiger partial charge is 0.396 e. The van der Waals surface area contributed by atoms with Crippen molar-refractivity contribution in [1.82, 2.24) is 0 Å². The lowest BCUT2D eigenvalue weighted by Gasteiger charge is -2.05. The molecule has 0 saturated heterocycles. The molecule has 1 aromatic rings. The first kappa shape index (κ1) is 7.81. The Labute approximate surface area is 73.0 Å². The fourth-order valence-corrected chi connectivity index (χ4v) is 2.19. The van der Waals surface area contributed by atoms with Crippen LogP contribution in [0.2, 0.25) is 0 Å². The predicted molar refractivity (Wildman–Crippen MR) is 49.3 cm³/mol. The lowest BCUT2D eigenvalue weighted by atomic mass is 10.0. The van der Waals surface area contributed by atoms with Crippen LogP contribution in [0.3, 0.4) is 0 Å². The van der Waals surface area contributed by atoms with Crippen molar-refractivity contribution in [2.75, 3.05) is 6.61 Å². The highest BCUT2D eigenvalue weighted by molar-refractivity contribution is 5.37. The third-order valence-electron chi connectivity index (χ3n) is 2.83. The van der Waals surface area contributed by atoms with Gasteiger partial charge in [-0.05, 0) is 23.5 Å². The van der Waals surface area contributed by atoms with Crippen molar-refractivity contribution >= 4 is 0 Å². The van der Waals surface area contributed by atoms with Crippen molar-refractivity contribution in [3.63, 3.8) is 0 Å². The Kier molecular flexibility index (Phi) is 1.89. The summed E-state index contributed by atoms with van der Waals surface area (Å²) < 4.78 is 0. The van der Waals surface area contributed by atoms with Gasteiger partial charge in [0.25, 0.3) is 0 Å². The SMILES string of the molecule is C[C@@H]1C[C@@H](CO)c2ccccc21. The first-order valence-electron chi connectivity index (χ1n) is 4.52. The first-order valence-corrected chi connectivity index (χ1v) is 4.52. The highest BCUT2D eigenvalue weighted by Gasteiger charge is 2.26. The van der Waals surface area contributed by atoms with E-state index in [0.717, 1.165) is 6.42 Å². The zero-order chi connectivity index (χ0) is 8.55. The second-order valence-corrected chi connectivity index (χ2v) is 3.65. The van der Waals surface area contributed by atoms with Crippen LogP contribution in [0.4, 0.5) is 0 Å². The molecule has 1 aromatic carbocycles. The summed E-state index contributed by atoms with van der Waals surface area (Å²) in [6.45, 7) is 2.52. The van der Waals surface area contributed by atoms with E-state index in [-0.39, 0.29) is 0 Å². The number of hydrogen-bond donors (Lipinski definition) is 1. The minimum Gasteiger partial charge on any atom is -0.396 e. The van der Waals surface area contributed by atoms with Crippen LogP contribution in [-0.4, -0.2) is 11.7 Å². The fourth-order valence-electron chi connectivity index (χ4n) is 2.19. The Morgan fingerprint density at radius 3 is 2.67 bits per heavy atom. The number of fused-ring (bicyclic) bond motifs is 1. The molecule has 0 fully saturated rings. The molecule has 0 radical (unpaired) electrons. The van der Waals surface area contributed by atoms with Gasteiger partial charge in [0.2, 0.25) is 0 Å². The van der Waals surface area contributed by atoms with E-state index < -0.39 is 0 Å². The van der Waals surface area contributed by atoms with Crippen LogP contribution in [0, 0.1) is 0 Å². The fraction of sp³-hybridized carbons (Fsp3) is 0.455. The third-order valence-corrected chi connectivity index (χ3v) is 2.83. The number of aliphatic hydroxyl groups excluding tert-OH is 1. The van der Waals surface area contributed by atoms with Crippen LogP contribution in [0.15, 0.2) is 24.3 Å². The minimum absolute atomic E-state index is 0.293. The Bertz CT molecular complexity index is 280. The van der Waals surface area contributed by atoms with Crippen molar-refractivity contribution < 1.29 is 5.11 Å². The molecule has 0 amide bonds. The standard InChI is InChI=1S/C11H14O/c1-8-6-9(7-12)11-5-3-2-4-10(8)11/h2-5,8-9,12H,6-7H2,1H3/t8-,9+/m1/s1. The zero-order valence-corrected chi connectivity index (χ0v) is 7.33. The van der Waals surface area contributed by atoms with E-state index in [2.05, 4.69) is 31.2 Å². The van der Waals surface area contributed by atoms with Crippen LogP contribution in [0.25, 0.3) is 0 Å². The van der Waals surface area contributed by atoms with Gasteiger partial charge in [0, 0.05) is 12.5 Å². The number of benzene rings is 1. The maximum atomic E-state index is 9.13. The summed E-state index contributed by atoms with van der Waals surface area (Å²) in [6.07, 6.45) is 1.11. The van der Waals surface area contributed by atoms with Gasteiger partial charge in [0.1, 0.15) is 0 Å². The minimum atomic E-state index is 0.293. The van der Waals surface area contributed by atoms with Crippen LogP contribution in [0.5, 0.6) is 0 Å². The molecule has 2 rings (SSSR count). The monoisotopic (exact) mass is 162 g/mol. The molecule has 0 saturated carbocycles. The molecule has 0 aliphatic heterocycles. The molecule has 12 heavy (non-hydrogen) atoms. The van der Waals surface area contributed by atoms with E-state index in [1.54, 1.807) is 0 Å². The Hall–Kier alpha value is -0.820. The van der Waals surface area contributed by atoms with E-state index in [4.69, 9.17) is 5.11 Å². The van der Waals surface area contributed by atoms with Crippen molar-refractivity contribution in [1.29, 1.82) is 0 Å². The number of hydrogen-bond acceptors (Lipinski definition) is 1. The molecule has 1 aliphatic rings. The van der Waals surface area contributed by atoms with Gasteiger partial charge in [0.05, 0.1) is 0 Å². The highest BCUT2D eigenvalue weighted by atomic mass is 16.3. The smallest absolute Gasteiger partial charge is 0.0500 e. The van der Waals surface area contributed by atoms with Gasteiger partial charge in [-0.2, -0.15) is 0 Å². The highest BCUT2D eigenvalue weighted by Crippen LogP contribution is 2.40. The van der Waals surface area contributed by atoms with Gasteiger partial charge >= 0.3 is 0 Å². The Morgan fingerprint density at radius 2 is 2.00 bits per heavy atom. The predicted octanol–water partition coefficient (Wildman–Crippen LogP) is 2.27. The van der Waals surface area contributed by atoms with Crippen molar-refractivity contribution in [2.24, 2.45) is 0 Å². The lowest BCUT2D eigenvalue weighted by molar-refractivity contribution is 0.262. The van der Waals surface area contributed by atoms with Crippen LogP contribution in [0.1, 0.15) is 36.3 Å². The van der Waals surface area contributed by atoms with E-state index in [0.29, 0.717) is 18.4 Å². The van der Waals surface area contributed by atoms with Crippen molar-refractivity contribution in [3.8, 4) is 0 Å². The summed E-state index contributed by atoms with van der Waals surface area (Å²) in [5.74, 6) is 1.01. The normalized spacial score (nSPS) is 27.2. The topological polar surface area (TPSA) is 20.2 Å². The van der Waals surface area contributed by atoms with Crippen LogP contribution >= 0.6 is 0 Å². The van der Waals surface area contributed by atoms with Gasteiger partial charge in [-0.1, -0.05) is 31.2 Å². The first-order chi connectivity index (χ1) is 5.83. The Morgan fingerprint density at radius 1 is 1.33 bits per heavy atom. The molecular formula is C11H14O. The second kappa shape index (κ2) is 2.91. The molecule has 1 nitrogen and oxygen atoms in total. The summed E-state index contributed by atoms with van der Waals surface area (Å²) in [7, 11) is 0. The molecule has 2 atom stereocenters. The number of rotatable bonds is 1. The average molecular weight is 162 g/mol. The molecular weight excluding hydrogens is 148 g/mol. The maximum Gasteiger partial charge on any atom is 0.0500 e. The van der Waals surface area contributed by atoms with Crippen LogP contribution < -0.4 is 0 Å². The van der Waals surface area contributed by atoms with Gasteiger partial charge in [0.15, 0.2) is 0 Å². The number of aliphatic hydroxyl groups is 1. The Balaban J connectivity index is 2.43. The quantitative estimate of drug-likeness (QED) is 0.671. The molecule has 1 N–H and O–H groups in total. The molecule has 0 unspecified atom stereocenters. The summed E-state index contributed by atoms with van der Waals surface area (Å²) in [5, 5.41) is 9.13. The van der Waals surface area contributed by atoms with Gasteiger partial charge in [-0.3, -0.25) is 0 Å². The molecule has 1 heteroatoms. The summed E-state index contributed by atoms with van der Waals surface area (Å²) >= 11 is 0. The third kappa shape index (κ3) is 1.05. The average Bonchev–Trinajstić information content (AvgIpc) is 2.44. The van der Waals surface area contributed by atoms with Gasteiger partial charge in [-0.25, -0.2) is 0 Å². The maximum absolute atomic E-state index is 9.13. The van der Waals surface area contributed by atoms with Gasteiger partial charge in [-0.15, -0.1) is 0 Å². The summed E-state index contributed by atoms with van der Waals surface area (Å²) in [4.78, 5) is 0. The lowest BCUT2D eigenvalue weighted by Crippen LogP contribution is -1.98. The van der Waals surface area contributed by atoms with Crippen LogP contribution in [-0.2, 0) is 0 Å². The molecule has 0 aromatic heterocycles. The molecule has 0 spiro atoms. The molecule has 64 valence electrons. The summed E-state index contributed by atoms with van der Waals surface area (Å²) in [5.41, 5.74) is 2.78. The van der Waals surface area contributed by atoms with E-state index in [9.17, 15) is 0 Å². The van der Waals surface area contributed by atoms with Crippen molar-refractivity contribution in [3.05, 3.63) is 35.4 Å². The van der Waals surface area contributed by atoms with E-state index in [1.165, 1.54) is 11.1 Å². The van der Waals surface area contributed by atoms with Gasteiger partial charge < -0.3 is 5.11 Å². The molecule has 0 bridgehead atoms. The van der Waals surface area contributed by atoms with E-state index >= 15 is 0 Å².